The van der Waals surface area contributed by atoms with Gasteiger partial charge in [0.25, 0.3) is 0 Å². The van der Waals surface area contributed by atoms with Gasteiger partial charge in [-0.05, 0) is 25.7 Å². The molecule has 0 amide bonds. The lowest BCUT2D eigenvalue weighted by Crippen LogP contribution is -2.41. The van der Waals surface area contributed by atoms with Crippen LogP contribution in [-0.2, 0) is 9.59 Å². The highest BCUT2D eigenvalue weighted by Gasteiger charge is 2.42. The molecule has 15 heavy (non-hydrogen) atoms. The summed E-state index contributed by atoms with van der Waals surface area (Å²) in [5.74, 6) is 0.438. The van der Waals surface area contributed by atoms with Gasteiger partial charge in [-0.3, -0.25) is 9.59 Å². The summed E-state index contributed by atoms with van der Waals surface area (Å²) < 4.78 is 0. The highest BCUT2D eigenvalue weighted by atomic mass is 16.2. The van der Waals surface area contributed by atoms with Gasteiger partial charge in [-0.1, -0.05) is 34.6 Å². The van der Waals surface area contributed by atoms with Crippen LogP contribution in [0.2, 0.25) is 0 Å². The molecular formula is C13H24O2. The molecule has 0 aliphatic carbocycles. The van der Waals surface area contributed by atoms with Gasteiger partial charge in [0, 0.05) is 5.92 Å². The number of rotatable bonds is 6. The average molecular weight is 212 g/mol. The van der Waals surface area contributed by atoms with E-state index >= 15 is 0 Å². The Kier molecular flexibility index (Phi) is 5.19. The van der Waals surface area contributed by atoms with Crippen LogP contribution in [0.15, 0.2) is 0 Å². The first kappa shape index (κ1) is 14.3. The van der Waals surface area contributed by atoms with E-state index in [1.54, 1.807) is 6.92 Å². The number of ketones is 2. The van der Waals surface area contributed by atoms with Crippen LogP contribution in [0.1, 0.15) is 54.4 Å². The van der Waals surface area contributed by atoms with Crippen LogP contribution in [0.4, 0.5) is 0 Å². The maximum atomic E-state index is 12.2. The fraction of sp³-hybridized carbons (Fsp3) is 0.846. The van der Waals surface area contributed by atoms with Crippen molar-refractivity contribution in [3.63, 3.8) is 0 Å². The molecule has 0 aromatic carbocycles. The molecule has 1 unspecified atom stereocenters. The molecule has 0 rings (SSSR count). The predicted octanol–water partition coefficient (Wildman–Crippen LogP) is 3.24. The molecule has 0 saturated heterocycles. The van der Waals surface area contributed by atoms with E-state index in [0.717, 1.165) is 0 Å². The Hall–Kier alpha value is -0.660. The van der Waals surface area contributed by atoms with E-state index in [-0.39, 0.29) is 17.5 Å². The van der Waals surface area contributed by atoms with Gasteiger partial charge in [-0.25, -0.2) is 0 Å². The van der Waals surface area contributed by atoms with Gasteiger partial charge in [-0.15, -0.1) is 0 Å². The summed E-state index contributed by atoms with van der Waals surface area (Å²) in [6.07, 6.45) is 1.30. The van der Waals surface area contributed by atoms with Crippen molar-refractivity contribution in [2.24, 2.45) is 17.3 Å². The van der Waals surface area contributed by atoms with Crippen LogP contribution >= 0.6 is 0 Å². The normalized spacial score (nSPS) is 15.5. The van der Waals surface area contributed by atoms with E-state index in [2.05, 4.69) is 13.8 Å². The molecule has 0 spiro atoms. The van der Waals surface area contributed by atoms with Crippen molar-refractivity contribution in [3.05, 3.63) is 0 Å². The van der Waals surface area contributed by atoms with Gasteiger partial charge in [-0.2, -0.15) is 0 Å². The molecule has 0 bridgehead atoms. The maximum absolute atomic E-state index is 12.2. The summed E-state index contributed by atoms with van der Waals surface area (Å²) in [5, 5.41) is 0. The molecule has 0 N–H and O–H groups in total. The maximum Gasteiger partial charge on any atom is 0.148 e. The molecule has 88 valence electrons. The molecule has 1 atom stereocenters. The van der Waals surface area contributed by atoms with Gasteiger partial charge < -0.3 is 0 Å². The van der Waals surface area contributed by atoms with Crippen molar-refractivity contribution in [2.45, 2.75) is 54.4 Å². The zero-order chi connectivity index (χ0) is 12.2. The smallest absolute Gasteiger partial charge is 0.148 e. The number of Topliss-reactive ketones (excluding diaryl/α,β-unsaturated/α-hetero) is 2. The van der Waals surface area contributed by atoms with Crippen molar-refractivity contribution in [2.75, 3.05) is 0 Å². The standard InChI is InChI=1S/C13H24O2/c1-7-13(11(6)14,8-9(2)3)12(15)10(4)5/h9-10H,7-8H2,1-6H3. The highest BCUT2D eigenvalue weighted by Crippen LogP contribution is 2.35. The Morgan fingerprint density at radius 2 is 1.60 bits per heavy atom. The van der Waals surface area contributed by atoms with Gasteiger partial charge >= 0.3 is 0 Å². The van der Waals surface area contributed by atoms with Gasteiger partial charge in [0.05, 0.1) is 5.41 Å². The SMILES string of the molecule is CCC(CC(C)C)(C(C)=O)C(=O)C(C)C. The number of hydrogen-bond donors (Lipinski definition) is 0. The minimum absolute atomic E-state index is 0.0254. The number of hydrogen-bond acceptors (Lipinski definition) is 2. The van der Waals surface area contributed by atoms with E-state index in [1.165, 1.54) is 0 Å². The van der Waals surface area contributed by atoms with Crippen LogP contribution in [-0.4, -0.2) is 11.6 Å². The minimum atomic E-state index is -0.734. The lowest BCUT2D eigenvalue weighted by Gasteiger charge is -2.31. The Labute approximate surface area is 93.4 Å². The summed E-state index contributed by atoms with van der Waals surface area (Å²) in [6.45, 7) is 11.3. The summed E-state index contributed by atoms with van der Waals surface area (Å²) in [6, 6.07) is 0. The third-order valence-corrected chi connectivity index (χ3v) is 3.03. The van der Waals surface area contributed by atoms with Crippen LogP contribution < -0.4 is 0 Å². The van der Waals surface area contributed by atoms with E-state index in [0.29, 0.717) is 18.8 Å². The molecule has 0 heterocycles. The Balaban J connectivity index is 5.15. The summed E-state index contributed by atoms with van der Waals surface area (Å²) in [4.78, 5) is 23.9. The molecule has 0 aromatic heterocycles. The topological polar surface area (TPSA) is 34.1 Å². The van der Waals surface area contributed by atoms with E-state index < -0.39 is 5.41 Å². The predicted molar refractivity (Wildman–Crippen MR) is 62.7 cm³/mol. The van der Waals surface area contributed by atoms with E-state index in [4.69, 9.17) is 0 Å². The number of carbonyl (C=O) groups excluding carboxylic acids is 2. The van der Waals surface area contributed by atoms with Gasteiger partial charge in [0.15, 0.2) is 0 Å². The Morgan fingerprint density at radius 1 is 1.13 bits per heavy atom. The van der Waals surface area contributed by atoms with Crippen molar-refractivity contribution in [3.8, 4) is 0 Å². The third kappa shape index (κ3) is 3.15. The summed E-state index contributed by atoms with van der Waals surface area (Å²) in [7, 11) is 0. The van der Waals surface area contributed by atoms with Crippen molar-refractivity contribution in [1.29, 1.82) is 0 Å². The largest absolute Gasteiger partial charge is 0.299 e. The molecule has 0 aliphatic heterocycles. The summed E-state index contributed by atoms with van der Waals surface area (Å²) in [5.41, 5.74) is -0.734. The van der Waals surface area contributed by atoms with Crippen molar-refractivity contribution >= 4 is 11.6 Å². The molecule has 0 aliphatic rings. The van der Waals surface area contributed by atoms with Gasteiger partial charge in [0.1, 0.15) is 11.6 Å². The fourth-order valence-electron chi connectivity index (χ4n) is 2.23. The molecule has 0 saturated carbocycles. The number of carbonyl (C=O) groups is 2. The highest BCUT2D eigenvalue weighted by molar-refractivity contribution is 6.06. The van der Waals surface area contributed by atoms with Crippen LogP contribution in [0.3, 0.4) is 0 Å². The Bertz CT molecular complexity index is 241. The first-order chi connectivity index (χ1) is 6.77. The van der Waals surface area contributed by atoms with Crippen molar-refractivity contribution < 1.29 is 9.59 Å². The van der Waals surface area contributed by atoms with E-state index in [1.807, 2.05) is 20.8 Å². The monoisotopic (exact) mass is 212 g/mol. The van der Waals surface area contributed by atoms with Crippen LogP contribution in [0.25, 0.3) is 0 Å². The molecule has 0 radical (unpaired) electrons. The second kappa shape index (κ2) is 5.43. The zero-order valence-electron chi connectivity index (χ0n) is 10.9. The van der Waals surface area contributed by atoms with E-state index in [9.17, 15) is 9.59 Å². The van der Waals surface area contributed by atoms with Crippen LogP contribution in [0, 0.1) is 17.3 Å². The first-order valence-electron chi connectivity index (χ1n) is 5.83. The average Bonchev–Trinajstić information content (AvgIpc) is 2.12. The molecule has 0 aromatic rings. The quantitative estimate of drug-likeness (QED) is 0.633. The van der Waals surface area contributed by atoms with Crippen molar-refractivity contribution in [1.82, 2.24) is 0 Å². The first-order valence-corrected chi connectivity index (χ1v) is 5.83. The second-order valence-electron chi connectivity index (χ2n) is 5.11. The molecule has 2 heteroatoms. The fourth-order valence-corrected chi connectivity index (χ4v) is 2.23. The third-order valence-electron chi connectivity index (χ3n) is 3.03. The van der Waals surface area contributed by atoms with Gasteiger partial charge in [0.2, 0.25) is 0 Å². The lowest BCUT2D eigenvalue weighted by molar-refractivity contribution is -0.143. The molecule has 0 fully saturated rings. The Morgan fingerprint density at radius 3 is 1.80 bits per heavy atom. The molecule has 2 nitrogen and oxygen atoms in total. The van der Waals surface area contributed by atoms with Crippen LogP contribution in [0.5, 0.6) is 0 Å². The second-order valence-corrected chi connectivity index (χ2v) is 5.11. The minimum Gasteiger partial charge on any atom is -0.299 e. The molecular weight excluding hydrogens is 188 g/mol. The zero-order valence-corrected chi connectivity index (χ0v) is 10.9. The lowest BCUT2D eigenvalue weighted by atomic mass is 9.69. The summed E-state index contributed by atoms with van der Waals surface area (Å²) >= 11 is 0.